The fourth-order valence-electron chi connectivity index (χ4n) is 1.28. The van der Waals surface area contributed by atoms with E-state index in [1.165, 1.54) is 0 Å². The topological polar surface area (TPSA) is 55.8 Å². The molecule has 1 atom stereocenters. The minimum Gasteiger partial charge on any atom is -0.465 e. The number of hydrogen-bond acceptors (Lipinski definition) is 4. The molecule has 1 rings (SSSR count). The highest BCUT2D eigenvalue weighted by molar-refractivity contribution is 5.80. The second-order valence-electron chi connectivity index (χ2n) is 3.18. The molecule has 0 radical (unpaired) electrons. The van der Waals surface area contributed by atoms with Crippen molar-refractivity contribution in [1.29, 1.82) is 0 Å². The van der Waals surface area contributed by atoms with Crippen molar-refractivity contribution in [2.24, 2.45) is 5.41 Å². The van der Waals surface area contributed by atoms with E-state index in [4.69, 9.17) is 9.47 Å². The Morgan fingerprint density at radius 1 is 1.46 bits per heavy atom. The molecule has 4 heteroatoms. The third-order valence-electron chi connectivity index (χ3n) is 2.27. The van der Waals surface area contributed by atoms with Crippen LogP contribution in [0.15, 0.2) is 0 Å². The molecule has 1 N–H and O–H groups in total. The maximum atomic E-state index is 11.4. The molecule has 0 spiro atoms. The zero-order valence-electron chi connectivity index (χ0n) is 8.08. The molecular formula is C9H16O4. The van der Waals surface area contributed by atoms with Crippen molar-refractivity contribution in [3.05, 3.63) is 0 Å². The molecule has 1 unspecified atom stereocenters. The molecule has 4 nitrogen and oxygen atoms in total. The smallest absolute Gasteiger partial charge is 0.317 e. The first-order valence-electron chi connectivity index (χ1n) is 4.64. The summed E-state index contributed by atoms with van der Waals surface area (Å²) in [6, 6.07) is 0. The first-order chi connectivity index (χ1) is 6.17. The average molecular weight is 188 g/mol. The zero-order valence-corrected chi connectivity index (χ0v) is 8.08. The molecule has 0 amide bonds. The highest BCUT2D eigenvalue weighted by Gasteiger charge is 2.57. The van der Waals surface area contributed by atoms with E-state index in [9.17, 15) is 9.90 Å². The van der Waals surface area contributed by atoms with Gasteiger partial charge in [0.15, 0.2) is 6.29 Å². The summed E-state index contributed by atoms with van der Waals surface area (Å²) in [4.78, 5) is 11.4. The molecule has 1 saturated carbocycles. The van der Waals surface area contributed by atoms with Gasteiger partial charge in [-0.3, -0.25) is 4.79 Å². The summed E-state index contributed by atoms with van der Waals surface area (Å²) in [7, 11) is 0. The summed E-state index contributed by atoms with van der Waals surface area (Å²) in [5.74, 6) is -0.337. The van der Waals surface area contributed by atoms with E-state index in [2.05, 4.69) is 0 Å². The lowest BCUT2D eigenvalue weighted by molar-refractivity contribution is -0.180. The number of hydrogen-bond donors (Lipinski definition) is 1. The summed E-state index contributed by atoms with van der Waals surface area (Å²) < 4.78 is 9.85. The van der Waals surface area contributed by atoms with Crippen LogP contribution >= 0.6 is 0 Å². The molecule has 76 valence electrons. The number of ether oxygens (including phenoxy) is 2. The monoisotopic (exact) mass is 188 g/mol. The Morgan fingerprint density at radius 3 is 2.46 bits per heavy atom. The van der Waals surface area contributed by atoms with E-state index >= 15 is 0 Å². The van der Waals surface area contributed by atoms with Crippen LogP contribution in [0, 0.1) is 5.41 Å². The Morgan fingerprint density at radius 2 is 2.08 bits per heavy atom. The number of carbonyl (C=O) groups excluding carboxylic acids is 1. The van der Waals surface area contributed by atoms with Crippen molar-refractivity contribution in [1.82, 2.24) is 0 Å². The zero-order chi connectivity index (χ0) is 9.90. The maximum absolute atomic E-state index is 11.4. The maximum Gasteiger partial charge on any atom is 0.317 e. The van der Waals surface area contributed by atoms with Crippen molar-refractivity contribution >= 4 is 5.97 Å². The van der Waals surface area contributed by atoms with Gasteiger partial charge in [-0.2, -0.15) is 0 Å². The molecule has 0 heterocycles. The quantitative estimate of drug-likeness (QED) is 0.509. The molecule has 13 heavy (non-hydrogen) atoms. The van der Waals surface area contributed by atoms with Crippen LogP contribution in [0.1, 0.15) is 26.7 Å². The molecule has 1 aliphatic rings. The minimum absolute atomic E-state index is 0.337. The molecule has 0 saturated heterocycles. The third kappa shape index (κ3) is 2.00. The first kappa shape index (κ1) is 10.5. The van der Waals surface area contributed by atoms with Crippen molar-refractivity contribution in [3.8, 4) is 0 Å². The van der Waals surface area contributed by atoms with Crippen molar-refractivity contribution in [2.75, 3.05) is 13.2 Å². The highest BCUT2D eigenvalue weighted by atomic mass is 16.6. The number of aliphatic hydroxyl groups excluding tert-OH is 1. The van der Waals surface area contributed by atoms with Gasteiger partial charge in [0.05, 0.1) is 6.61 Å². The fourth-order valence-corrected chi connectivity index (χ4v) is 1.28. The van der Waals surface area contributed by atoms with Gasteiger partial charge < -0.3 is 14.6 Å². The van der Waals surface area contributed by atoms with Gasteiger partial charge in [0.25, 0.3) is 0 Å². The van der Waals surface area contributed by atoms with Gasteiger partial charge in [-0.25, -0.2) is 0 Å². The third-order valence-corrected chi connectivity index (χ3v) is 2.27. The molecule has 1 aliphatic carbocycles. The lowest BCUT2D eigenvalue weighted by Crippen LogP contribution is -2.33. The summed E-state index contributed by atoms with van der Waals surface area (Å²) in [5, 5.41) is 9.51. The number of esters is 1. The summed E-state index contributed by atoms with van der Waals surface area (Å²) in [6.45, 7) is 4.28. The Balaban J connectivity index is 2.50. The Hall–Kier alpha value is -0.610. The van der Waals surface area contributed by atoms with Gasteiger partial charge in [-0.15, -0.1) is 0 Å². The van der Waals surface area contributed by atoms with Crippen LogP contribution in [0.2, 0.25) is 0 Å². The van der Waals surface area contributed by atoms with Gasteiger partial charge >= 0.3 is 5.97 Å². The van der Waals surface area contributed by atoms with Crippen LogP contribution in [0.4, 0.5) is 0 Å². The Bertz CT molecular complexity index is 186. The highest BCUT2D eigenvalue weighted by Crippen LogP contribution is 2.50. The standard InChI is InChI=1S/C9H16O4/c1-3-12-7(10)9(5-6-9)8(11)13-4-2/h7,10H,3-6H2,1-2H3. The summed E-state index contributed by atoms with van der Waals surface area (Å²) in [6.07, 6.45) is 0.316. The van der Waals surface area contributed by atoms with E-state index < -0.39 is 11.7 Å². The normalized spacial score (nSPS) is 20.8. The second kappa shape index (κ2) is 4.07. The van der Waals surface area contributed by atoms with E-state index in [0.717, 1.165) is 0 Å². The molecule has 0 aromatic heterocycles. The van der Waals surface area contributed by atoms with Crippen LogP contribution in [0.5, 0.6) is 0 Å². The Kier molecular flexibility index (Phi) is 3.27. The molecule has 0 aromatic carbocycles. The van der Waals surface area contributed by atoms with Gasteiger partial charge in [-0.05, 0) is 26.7 Å². The predicted molar refractivity (Wildman–Crippen MR) is 45.9 cm³/mol. The van der Waals surface area contributed by atoms with E-state index in [1.54, 1.807) is 13.8 Å². The second-order valence-corrected chi connectivity index (χ2v) is 3.18. The fraction of sp³-hybridized carbons (Fsp3) is 0.889. The van der Waals surface area contributed by atoms with Gasteiger partial charge in [0.1, 0.15) is 5.41 Å². The predicted octanol–water partition coefficient (Wildman–Crippen LogP) is 0.685. The van der Waals surface area contributed by atoms with Crippen molar-refractivity contribution in [3.63, 3.8) is 0 Å². The number of aliphatic hydroxyl groups is 1. The average Bonchev–Trinajstić information content (AvgIpc) is 2.85. The Labute approximate surface area is 77.8 Å². The van der Waals surface area contributed by atoms with Crippen LogP contribution in [0.25, 0.3) is 0 Å². The van der Waals surface area contributed by atoms with E-state index in [-0.39, 0.29) is 5.97 Å². The molecule has 0 bridgehead atoms. The first-order valence-corrected chi connectivity index (χ1v) is 4.64. The van der Waals surface area contributed by atoms with Crippen LogP contribution in [0.3, 0.4) is 0 Å². The SMILES string of the molecule is CCOC(=O)C1(C(O)OCC)CC1. The van der Waals surface area contributed by atoms with Gasteiger partial charge in [0, 0.05) is 6.61 Å². The molecule has 1 fully saturated rings. The van der Waals surface area contributed by atoms with Crippen LogP contribution < -0.4 is 0 Å². The van der Waals surface area contributed by atoms with Crippen LogP contribution in [-0.4, -0.2) is 30.6 Å². The minimum atomic E-state index is -1.00. The van der Waals surface area contributed by atoms with Gasteiger partial charge in [-0.1, -0.05) is 0 Å². The lowest BCUT2D eigenvalue weighted by Gasteiger charge is -2.19. The van der Waals surface area contributed by atoms with E-state index in [0.29, 0.717) is 26.1 Å². The van der Waals surface area contributed by atoms with Crippen LogP contribution in [-0.2, 0) is 14.3 Å². The van der Waals surface area contributed by atoms with Crippen molar-refractivity contribution in [2.45, 2.75) is 33.0 Å². The number of carbonyl (C=O) groups is 1. The molecule has 0 aromatic rings. The van der Waals surface area contributed by atoms with Crippen molar-refractivity contribution < 1.29 is 19.4 Å². The van der Waals surface area contributed by atoms with Gasteiger partial charge in [0.2, 0.25) is 0 Å². The molecule has 0 aliphatic heterocycles. The molecular weight excluding hydrogens is 172 g/mol. The largest absolute Gasteiger partial charge is 0.465 e. The summed E-state index contributed by atoms with van der Waals surface area (Å²) >= 11 is 0. The van der Waals surface area contributed by atoms with E-state index in [1.807, 2.05) is 0 Å². The lowest BCUT2D eigenvalue weighted by atomic mass is 10.1. The summed E-state index contributed by atoms with van der Waals surface area (Å²) in [5.41, 5.74) is -0.758. The number of rotatable bonds is 5.